The van der Waals surface area contributed by atoms with Gasteiger partial charge in [0.05, 0.1) is 0 Å². The number of hydrogen-bond donors (Lipinski definition) is 0. The van der Waals surface area contributed by atoms with E-state index >= 15 is 0 Å². The lowest BCUT2D eigenvalue weighted by Gasteiger charge is -2.37. The summed E-state index contributed by atoms with van der Waals surface area (Å²) in [5.41, 5.74) is 1.09. The van der Waals surface area contributed by atoms with Crippen molar-refractivity contribution in [1.82, 2.24) is 14.4 Å². The third-order valence-corrected chi connectivity index (χ3v) is 5.21. The number of rotatable bonds is 3. The van der Waals surface area contributed by atoms with E-state index in [1.54, 1.807) is 17.7 Å². The van der Waals surface area contributed by atoms with Crippen molar-refractivity contribution in [1.29, 1.82) is 0 Å². The first-order chi connectivity index (χ1) is 11.1. The molecule has 5 nitrogen and oxygen atoms in total. The van der Waals surface area contributed by atoms with Gasteiger partial charge in [-0.05, 0) is 24.5 Å². The number of carbonyl (C=O) groups is 1. The molecule has 1 aliphatic heterocycles. The molecule has 126 valence electrons. The lowest BCUT2D eigenvalue weighted by Crippen LogP contribution is -2.50. The Bertz CT molecular complexity index is 597. The molecule has 0 spiro atoms. The Kier molecular flexibility index (Phi) is 5.16. The second-order valence-corrected chi connectivity index (χ2v) is 6.92. The van der Waals surface area contributed by atoms with Gasteiger partial charge in [0, 0.05) is 58.0 Å². The van der Waals surface area contributed by atoms with Gasteiger partial charge in [-0.15, -0.1) is 0 Å². The highest BCUT2D eigenvalue weighted by molar-refractivity contribution is 5.79. The highest BCUT2D eigenvalue weighted by atomic mass is 16.2. The Balaban J connectivity index is 1.50. The summed E-state index contributed by atoms with van der Waals surface area (Å²) in [7, 11) is 1.77. The van der Waals surface area contributed by atoms with Crippen LogP contribution in [0.15, 0.2) is 23.1 Å². The maximum absolute atomic E-state index is 12.6. The molecule has 1 amide bonds. The highest BCUT2D eigenvalue weighted by Gasteiger charge is 2.28. The van der Waals surface area contributed by atoms with Crippen molar-refractivity contribution in [2.75, 3.05) is 26.2 Å². The smallest absolute Gasteiger partial charge is 0.250 e. The number of piperazine rings is 1. The van der Waals surface area contributed by atoms with Gasteiger partial charge in [0.15, 0.2) is 0 Å². The molecule has 1 aromatic heterocycles. The maximum atomic E-state index is 12.6. The van der Waals surface area contributed by atoms with Crippen LogP contribution >= 0.6 is 0 Å². The Morgan fingerprint density at radius 3 is 2.48 bits per heavy atom. The molecule has 0 atom stereocenters. The summed E-state index contributed by atoms with van der Waals surface area (Å²) in [5, 5.41) is 0. The number of hydrogen-bond acceptors (Lipinski definition) is 3. The molecule has 1 saturated heterocycles. The van der Waals surface area contributed by atoms with E-state index in [4.69, 9.17) is 0 Å². The molecule has 2 fully saturated rings. The lowest BCUT2D eigenvalue weighted by atomic mass is 9.88. The minimum Gasteiger partial charge on any atom is -0.340 e. The largest absolute Gasteiger partial charge is 0.340 e. The van der Waals surface area contributed by atoms with E-state index in [9.17, 15) is 9.59 Å². The fourth-order valence-corrected chi connectivity index (χ4v) is 3.68. The van der Waals surface area contributed by atoms with Crippen LogP contribution in [-0.2, 0) is 18.4 Å². The van der Waals surface area contributed by atoms with Gasteiger partial charge in [-0.25, -0.2) is 0 Å². The molecule has 0 bridgehead atoms. The molecule has 23 heavy (non-hydrogen) atoms. The zero-order valence-electron chi connectivity index (χ0n) is 14.0. The molecule has 0 unspecified atom stereocenters. The zero-order chi connectivity index (χ0) is 16.2. The van der Waals surface area contributed by atoms with E-state index in [-0.39, 0.29) is 11.5 Å². The summed E-state index contributed by atoms with van der Waals surface area (Å²) < 4.78 is 1.59. The number of carbonyl (C=O) groups excluding carboxylic acids is 1. The summed E-state index contributed by atoms with van der Waals surface area (Å²) >= 11 is 0. The number of amides is 1. The summed E-state index contributed by atoms with van der Waals surface area (Å²) in [6, 6.07) is 3.71. The summed E-state index contributed by atoms with van der Waals surface area (Å²) in [5.74, 6) is 0.644. The molecule has 3 rings (SSSR count). The van der Waals surface area contributed by atoms with Crippen molar-refractivity contribution < 1.29 is 4.79 Å². The van der Waals surface area contributed by atoms with E-state index in [1.165, 1.54) is 19.3 Å². The molecule has 5 heteroatoms. The molecule has 0 N–H and O–H groups in total. The minimum atomic E-state index is 0.0358. The summed E-state index contributed by atoms with van der Waals surface area (Å²) in [4.78, 5) is 28.6. The first-order valence-corrected chi connectivity index (χ1v) is 8.80. The monoisotopic (exact) mass is 317 g/mol. The van der Waals surface area contributed by atoms with Crippen molar-refractivity contribution in [3.63, 3.8) is 0 Å². The first kappa shape index (κ1) is 16.2. The van der Waals surface area contributed by atoms with Gasteiger partial charge in [0.1, 0.15) is 0 Å². The number of nitrogens with zero attached hydrogens (tertiary/aromatic N) is 3. The van der Waals surface area contributed by atoms with Gasteiger partial charge in [-0.2, -0.15) is 0 Å². The van der Waals surface area contributed by atoms with Crippen LogP contribution in [0.5, 0.6) is 0 Å². The van der Waals surface area contributed by atoms with Crippen LogP contribution in [0.3, 0.4) is 0 Å². The fourth-order valence-electron chi connectivity index (χ4n) is 3.68. The van der Waals surface area contributed by atoms with Gasteiger partial charge >= 0.3 is 0 Å². The SMILES string of the molecule is Cn1ccc(CN2CCN(C(=O)C3CCCCC3)CC2)cc1=O. The Morgan fingerprint density at radius 2 is 1.83 bits per heavy atom. The average molecular weight is 317 g/mol. The van der Waals surface area contributed by atoms with Crippen LogP contribution in [0.2, 0.25) is 0 Å². The van der Waals surface area contributed by atoms with Crippen molar-refractivity contribution >= 4 is 5.91 Å². The molecule has 0 aromatic carbocycles. The van der Waals surface area contributed by atoms with Crippen molar-refractivity contribution in [2.45, 2.75) is 38.6 Å². The quantitative estimate of drug-likeness (QED) is 0.851. The first-order valence-electron chi connectivity index (χ1n) is 8.80. The third kappa shape index (κ3) is 4.02. The second-order valence-electron chi connectivity index (χ2n) is 6.92. The predicted octanol–water partition coefficient (Wildman–Crippen LogP) is 1.61. The normalized spacial score (nSPS) is 20.7. The van der Waals surface area contributed by atoms with Gasteiger partial charge in [0.2, 0.25) is 5.91 Å². The van der Waals surface area contributed by atoms with E-state index in [2.05, 4.69) is 9.80 Å². The van der Waals surface area contributed by atoms with Gasteiger partial charge in [-0.1, -0.05) is 19.3 Å². The van der Waals surface area contributed by atoms with Crippen molar-refractivity contribution in [3.05, 3.63) is 34.2 Å². The molecule has 2 heterocycles. The van der Waals surface area contributed by atoms with E-state index < -0.39 is 0 Å². The molecule has 2 aliphatic rings. The van der Waals surface area contributed by atoms with E-state index in [0.717, 1.165) is 51.1 Å². The van der Waals surface area contributed by atoms with Crippen LogP contribution in [0.25, 0.3) is 0 Å². The van der Waals surface area contributed by atoms with Crippen molar-refractivity contribution in [2.24, 2.45) is 13.0 Å². The number of aromatic nitrogens is 1. The molecule has 1 aromatic rings. The van der Waals surface area contributed by atoms with Crippen molar-refractivity contribution in [3.8, 4) is 0 Å². The molecular weight excluding hydrogens is 290 g/mol. The van der Waals surface area contributed by atoms with Crippen LogP contribution in [0.1, 0.15) is 37.7 Å². The number of aryl methyl sites for hydroxylation is 1. The van der Waals surface area contributed by atoms with E-state index in [0.29, 0.717) is 5.91 Å². The fraction of sp³-hybridized carbons (Fsp3) is 0.667. The second kappa shape index (κ2) is 7.30. The predicted molar refractivity (Wildman–Crippen MR) is 90.1 cm³/mol. The maximum Gasteiger partial charge on any atom is 0.250 e. The number of pyridine rings is 1. The van der Waals surface area contributed by atoms with Crippen LogP contribution < -0.4 is 5.56 Å². The lowest BCUT2D eigenvalue weighted by molar-refractivity contribution is -0.138. The van der Waals surface area contributed by atoms with Crippen LogP contribution in [-0.4, -0.2) is 46.5 Å². The molecule has 1 saturated carbocycles. The van der Waals surface area contributed by atoms with Gasteiger partial charge < -0.3 is 9.47 Å². The molecule has 0 radical (unpaired) electrons. The zero-order valence-corrected chi connectivity index (χ0v) is 14.0. The van der Waals surface area contributed by atoms with Crippen LogP contribution in [0, 0.1) is 5.92 Å². The highest BCUT2D eigenvalue weighted by Crippen LogP contribution is 2.25. The summed E-state index contributed by atoms with van der Waals surface area (Å²) in [6.45, 7) is 4.23. The van der Waals surface area contributed by atoms with E-state index in [1.807, 2.05) is 12.3 Å². The van der Waals surface area contributed by atoms with Gasteiger partial charge in [0.25, 0.3) is 5.56 Å². The van der Waals surface area contributed by atoms with Gasteiger partial charge in [-0.3, -0.25) is 14.5 Å². The average Bonchev–Trinajstić information content (AvgIpc) is 2.59. The Labute approximate surface area is 137 Å². The summed E-state index contributed by atoms with van der Waals surface area (Å²) in [6.07, 6.45) is 7.67. The Morgan fingerprint density at radius 1 is 1.13 bits per heavy atom. The standard InChI is InChI=1S/C18H27N3O2/c1-19-8-7-15(13-17(19)22)14-20-9-11-21(12-10-20)18(23)16-5-3-2-4-6-16/h7-8,13,16H,2-6,9-12,14H2,1H3. The molecular formula is C18H27N3O2. The van der Waals surface area contributed by atoms with Crippen LogP contribution in [0.4, 0.5) is 0 Å². The third-order valence-electron chi connectivity index (χ3n) is 5.21. The topological polar surface area (TPSA) is 45.5 Å². The molecule has 1 aliphatic carbocycles. The minimum absolute atomic E-state index is 0.0358. The Hall–Kier alpha value is -1.62.